The monoisotopic (exact) mass is 227 g/mol. The van der Waals surface area contributed by atoms with Crippen molar-refractivity contribution in [2.75, 3.05) is 0 Å². The van der Waals surface area contributed by atoms with E-state index in [4.69, 9.17) is 10.7 Å². The summed E-state index contributed by atoms with van der Waals surface area (Å²) < 4.78 is 2.49. The third-order valence-electron chi connectivity index (χ3n) is 3.87. The lowest BCUT2D eigenvalue weighted by atomic mass is 10.2. The SMILES string of the molecule is NCc1ccc2c(c1)nc(C1CC1)n2C1CC1. The van der Waals surface area contributed by atoms with Crippen LogP contribution in [-0.2, 0) is 6.54 Å². The molecule has 1 heterocycles. The van der Waals surface area contributed by atoms with Crippen LogP contribution in [0.5, 0.6) is 0 Å². The maximum atomic E-state index is 5.70. The fourth-order valence-electron chi connectivity index (χ4n) is 2.64. The number of rotatable bonds is 3. The van der Waals surface area contributed by atoms with Gasteiger partial charge in [-0.15, -0.1) is 0 Å². The van der Waals surface area contributed by atoms with Crippen molar-refractivity contribution in [1.82, 2.24) is 9.55 Å². The zero-order chi connectivity index (χ0) is 11.4. The molecule has 88 valence electrons. The number of fused-ring (bicyclic) bond motifs is 1. The molecule has 3 nitrogen and oxygen atoms in total. The molecule has 0 atom stereocenters. The molecule has 2 saturated carbocycles. The Balaban J connectivity index is 1.94. The molecular formula is C14H17N3. The Morgan fingerprint density at radius 1 is 1.24 bits per heavy atom. The molecule has 0 radical (unpaired) electrons. The minimum Gasteiger partial charge on any atom is -0.326 e. The summed E-state index contributed by atoms with van der Waals surface area (Å²) in [5, 5.41) is 0. The molecule has 0 bridgehead atoms. The Morgan fingerprint density at radius 2 is 2.06 bits per heavy atom. The molecule has 0 amide bonds. The number of nitrogens with two attached hydrogens (primary N) is 1. The lowest BCUT2D eigenvalue weighted by molar-refractivity contribution is 0.703. The van der Waals surface area contributed by atoms with Crippen LogP contribution < -0.4 is 5.73 Å². The van der Waals surface area contributed by atoms with Gasteiger partial charge in [0.25, 0.3) is 0 Å². The molecule has 0 saturated heterocycles. The van der Waals surface area contributed by atoms with E-state index in [1.165, 1.54) is 42.6 Å². The Labute approximate surface area is 101 Å². The van der Waals surface area contributed by atoms with Crippen molar-refractivity contribution >= 4 is 11.0 Å². The van der Waals surface area contributed by atoms with E-state index in [1.54, 1.807) is 0 Å². The molecule has 0 unspecified atom stereocenters. The van der Waals surface area contributed by atoms with Crippen LogP contribution in [0.2, 0.25) is 0 Å². The van der Waals surface area contributed by atoms with Gasteiger partial charge < -0.3 is 10.3 Å². The van der Waals surface area contributed by atoms with Gasteiger partial charge in [0.05, 0.1) is 11.0 Å². The summed E-state index contributed by atoms with van der Waals surface area (Å²) in [7, 11) is 0. The average Bonchev–Trinajstić information content (AvgIpc) is 3.24. The van der Waals surface area contributed by atoms with Crippen molar-refractivity contribution < 1.29 is 0 Å². The van der Waals surface area contributed by atoms with Gasteiger partial charge in [0, 0.05) is 18.5 Å². The normalized spacial score (nSPS) is 20.1. The third-order valence-corrected chi connectivity index (χ3v) is 3.87. The Kier molecular flexibility index (Phi) is 1.89. The maximum absolute atomic E-state index is 5.70. The van der Waals surface area contributed by atoms with Gasteiger partial charge in [-0.2, -0.15) is 0 Å². The number of imidazole rings is 1. The van der Waals surface area contributed by atoms with E-state index in [0.29, 0.717) is 6.54 Å². The highest BCUT2D eigenvalue weighted by Gasteiger charge is 2.35. The van der Waals surface area contributed by atoms with Crippen LogP contribution in [0.15, 0.2) is 18.2 Å². The van der Waals surface area contributed by atoms with Crippen molar-refractivity contribution in [1.29, 1.82) is 0 Å². The standard InChI is InChI=1S/C14H17N3/c15-8-9-1-6-13-12(7-9)16-14(10-2-3-10)17(13)11-4-5-11/h1,6-7,10-11H,2-5,8,15H2. The van der Waals surface area contributed by atoms with Crippen LogP contribution in [0.3, 0.4) is 0 Å². The van der Waals surface area contributed by atoms with Crippen LogP contribution in [0, 0.1) is 0 Å². The van der Waals surface area contributed by atoms with Gasteiger partial charge in [-0.05, 0) is 43.4 Å². The van der Waals surface area contributed by atoms with Gasteiger partial charge in [0.15, 0.2) is 0 Å². The number of hydrogen-bond donors (Lipinski definition) is 1. The molecule has 0 spiro atoms. The first-order chi connectivity index (χ1) is 8.36. The number of aromatic nitrogens is 2. The molecule has 2 aromatic rings. The van der Waals surface area contributed by atoms with Crippen molar-refractivity contribution in [3.63, 3.8) is 0 Å². The number of hydrogen-bond acceptors (Lipinski definition) is 2. The molecule has 1 aromatic heterocycles. The summed E-state index contributed by atoms with van der Waals surface area (Å²) in [6.07, 6.45) is 5.28. The van der Waals surface area contributed by atoms with Crippen molar-refractivity contribution in [3.05, 3.63) is 29.6 Å². The van der Waals surface area contributed by atoms with Crippen LogP contribution in [0.25, 0.3) is 11.0 Å². The highest BCUT2D eigenvalue weighted by molar-refractivity contribution is 5.77. The van der Waals surface area contributed by atoms with Gasteiger partial charge in [-0.25, -0.2) is 4.98 Å². The molecule has 2 N–H and O–H groups in total. The summed E-state index contributed by atoms with van der Waals surface area (Å²) in [5.74, 6) is 2.06. The lowest BCUT2D eigenvalue weighted by Crippen LogP contribution is -2.00. The molecule has 2 fully saturated rings. The van der Waals surface area contributed by atoms with Gasteiger partial charge in [0.1, 0.15) is 5.82 Å². The molecule has 2 aliphatic rings. The highest BCUT2D eigenvalue weighted by Crippen LogP contribution is 2.46. The van der Waals surface area contributed by atoms with E-state index in [9.17, 15) is 0 Å². The van der Waals surface area contributed by atoms with Gasteiger partial charge in [-0.3, -0.25) is 0 Å². The zero-order valence-corrected chi connectivity index (χ0v) is 9.89. The van der Waals surface area contributed by atoms with Crippen molar-refractivity contribution in [2.24, 2.45) is 5.73 Å². The van der Waals surface area contributed by atoms with E-state index in [2.05, 4.69) is 22.8 Å². The van der Waals surface area contributed by atoms with Gasteiger partial charge >= 0.3 is 0 Å². The van der Waals surface area contributed by atoms with E-state index in [1.807, 2.05) is 0 Å². The van der Waals surface area contributed by atoms with E-state index in [0.717, 1.165) is 17.5 Å². The van der Waals surface area contributed by atoms with Gasteiger partial charge in [-0.1, -0.05) is 6.07 Å². The summed E-state index contributed by atoms with van der Waals surface area (Å²) in [6.45, 7) is 0.602. The summed E-state index contributed by atoms with van der Waals surface area (Å²) >= 11 is 0. The predicted molar refractivity (Wildman–Crippen MR) is 67.9 cm³/mol. The average molecular weight is 227 g/mol. The van der Waals surface area contributed by atoms with Crippen LogP contribution in [-0.4, -0.2) is 9.55 Å². The van der Waals surface area contributed by atoms with E-state index >= 15 is 0 Å². The minimum absolute atomic E-state index is 0.602. The molecule has 0 aliphatic heterocycles. The topological polar surface area (TPSA) is 43.8 Å². The van der Waals surface area contributed by atoms with Gasteiger partial charge in [0.2, 0.25) is 0 Å². The smallest absolute Gasteiger partial charge is 0.113 e. The Hall–Kier alpha value is -1.35. The Morgan fingerprint density at radius 3 is 2.71 bits per heavy atom. The quantitative estimate of drug-likeness (QED) is 0.876. The fourth-order valence-corrected chi connectivity index (χ4v) is 2.64. The number of benzene rings is 1. The first-order valence-corrected chi connectivity index (χ1v) is 6.57. The van der Waals surface area contributed by atoms with Crippen LogP contribution in [0.4, 0.5) is 0 Å². The third kappa shape index (κ3) is 1.49. The second-order valence-corrected chi connectivity index (χ2v) is 5.37. The molecule has 2 aliphatic carbocycles. The van der Waals surface area contributed by atoms with Crippen LogP contribution >= 0.6 is 0 Å². The molecular weight excluding hydrogens is 210 g/mol. The second-order valence-electron chi connectivity index (χ2n) is 5.37. The maximum Gasteiger partial charge on any atom is 0.113 e. The second kappa shape index (κ2) is 3.33. The molecule has 3 heteroatoms. The lowest BCUT2D eigenvalue weighted by Gasteiger charge is -2.06. The first kappa shape index (κ1) is 9.66. The van der Waals surface area contributed by atoms with Crippen molar-refractivity contribution in [2.45, 2.75) is 44.2 Å². The van der Waals surface area contributed by atoms with E-state index in [-0.39, 0.29) is 0 Å². The summed E-state index contributed by atoms with van der Waals surface area (Å²) in [4.78, 5) is 4.85. The largest absolute Gasteiger partial charge is 0.326 e. The van der Waals surface area contributed by atoms with Crippen molar-refractivity contribution in [3.8, 4) is 0 Å². The van der Waals surface area contributed by atoms with E-state index < -0.39 is 0 Å². The summed E-state index contributed by atoms with van der Waals surface area (Å²) in [6, 6.07) is 7.22. The Bertz CT molecular complexity index is 576. The molecule has 17 heavy (non-hydrogen) atoms. The minimum atomic E-state index is 0.602. The summed E-state index contributed by atoms with van der Waals surface area (Å²) in [5.41, 5.74) is 9.33. The molecule has 1 aromatic carbocycles. The predicted octanol–water partition coefficient (Wildman–Crippen LogP) is 2.71. The highest BCUT2D eigenvalue weighted by atomic mass is 15.1. The molecule has 4 rings (SSSR count). The fraction of sp³-hybridized carbons (Fsp3) is 0.500. The first-order valence-electron chi connectivity index (χ1n) is 6.57. The van der Waals surface area contributed by atoms with Crippen LogP contribution in [0.1, 0.15) is 49.0 Å². The number of nitrogens with zero attached hydrogens (tertiary/aromatic N) is 2. The zero-order valence-electron chi connectivity index (χ0n) is 9.89.